The van der Waals surface area contributed by atoms with E-state index in [1.807, 2.05) is 30.6 Å². The van der Waals surface area contributed by atoms with Crippen LogP contribution in [0.5, 0.6) is 0 Å². The van der Waals surface area contributed by atoms with E-state index in [4.69, 9.17) is 4.98 Å². The highest BCUT2D eigenvalue weighted by molar-refractivity contribution is 5.57. The van der Waals surface area contributed by atoms with Crippen LogP contribution in [-0.4, -0.2) is 15.0 Å². The summed E-state index contributed by atoms with van der Waals surface area (Å²) in [6.45, 7) is 8.99. The zero-order valence-electron chi connectivity index (χ0n) is 15.5. The normalized spacial score (nSPS) is 11.5. The van der Waals surface area contributed by atoms with Gasteiger partial charge in [-0.25, -0.2) is 9.97 Å². The third-order valence-corrected chi connectivity index (χ3v) is 4.15. The van der Waals surface area contributed by atoms with E-state index < -0.39 is 0 Å². The topological polar surface area (TPSA) is 38.7 Å². The molecule has 0 saturated carbocycles. The molecule has 25 heavy (non-hydrogen) atoms. The first-order valence-corrected chi connectivity index (χ1v) is 8.71. The molecule has 0 saturated heterocycles. The summed E-state index contributed by atoms with van der Waals surface area (Å²) in [5.74, 6) is 0.841. The highest BCUT2D eigenvalue weighted by Crippen LogP contribution is 2.23. The van der Waals surface area contributed by atoms with Crippen LogP contribution >= 0.6 is 0 Å². The maximum atomic E-state index is 4.71. The molecule has 3 heteroatoms. The number of aryl methyl sites for hydroxylation is 1. The minimum atomic E-state index is 0.301. The molecule has 0 aliphatic rings. The molecule has 0 aliphatic carbocycles. The van der Waals surface area contributed by atoms with Gasteiger partial charge in [0.05, 0.1) is 5.69 Å². The summed E-state index contributed by atoms with van der Waals surface area (Å²) in [7, 11) is 0. The van der Waals surface area contributed by atoms with Crippen LogP contribution in [0.1, 0.15) is 43.3 Å². The number of hydrogen-bond acceptors (Lipinski definition) is 3. The molecule has 3 nitrogen and oxygen atoms in total. The van der Waals surface area contributed by atoms with Gasteiger partial charge in [-0.2, -0.15) is 0 Å². The summed E-state index contributed by atoms with van der Waals surface area (Å²) in [5.41, 5.74) is 6.20. The molecule has 0 spiro atoms. The van der Waals surface area contributed by atoms with Crippen LogP contribution in [0.3, 0.4) is 0 Å². The molecular formula is C22H25N3. The molecule has 3 aromatic rings. The van der Waals surface area contributed by atoms with Gasteiger partial charge in [0, 0.05) is 30.6 Å². The summed E-state index contributed by atoms with van der Waals surface area (Å²) >= 11 is 0. The molecule has 3 rings (SSSR count). The highest BCUT2D eigenvalue weighted by Gasteiger charge is 2.12. The second kappa shape index (κ2) is 7.14. The molecule has 0 bridgehead atoms. The first-order valence-electron chi connectivity index (χ1n) is 8.71. The Morgan fingerprint density at radius 3 is 2.52 bits per heavy atom. The van der Waals surface area contributed by atoms with Crippen LogP contribution in [0.4, 0.5) is 0 Å². The molecule has 0 fully saturated rings. The van der Waals surface area contributed by atoms with Gasteiger partial charge in [0.15, 0.2) is 0 Å². The van der Waals surface area contributed by atoms with E-state index >= 15 is 0 Å². The molecule has 2 heterocycles. The summed E-state index contributed by atoms with van der Waals surface area (Å²) in [4.78, 5) is 13.3. The summed E-state index contributed by atoms with van der Waals surface area (Å²) in [5, 5.41) is 0. The minimum Gasteiger partial charge on any atom is -0.264 e. The predicted octanol–water partition coefficient (Wildman–Crippen LogP) is 5.03. The van der Waals surface area contributed by atoms with Gasteiger partial charge in [-0.1, -0.05) is 39.0 Å². The third kappa shape index (κ3) is 4.72. The van der Waals surface area contributed by atoms with Gasteiger partial charge < -0.3 is 0 Å². The number of nitrogens with zero attached hydrogens (tertiary/aromatic N) is 3. The maximum absolute atomic E-state index is 4.71. The van der Waals surface area contributed by atoms with Crippen LogP contribution < -0.4 is 0 Å². The summed E-state index contributed by atoms with van der Waals surface area (Å²) in [6, 6.07) is 12.6. The summed E-state index contributed by atoms with van der Waals surface area (Å²) < 4.78 is 0. The van der Waals surface area contributed by atoms with E-state index in [-0.39, 0.29) is 0 Å². The molecular weight excluding hydrogens is 306 g/mol. The zero-order chi connectivity index (χ0) is 17.9. The number of rotatable bonds is 4. The standard InChI is InChI=1S/C22H25N3/c1-16-12-17(14-22(2,3)4)7-8-18(16)13-21-24-11-9-20(25-21)19-6-5-10-23-15-19/h5-12,15H,13-14H2,1-4H3. The molecule has 0 atom stereocenters. The highest BCUT2D eigenvalue weighted by atomic mass is 14.9. The summed E-state index contributed by atoms with van der Waals surface area (Å²) in [6.07, 6.45) is 7.26. The van der Waals surface area contributed by atoms with E-state index in [0.29, 0.717) is 5.41 Å². The van der Waals surface area contributed by atoms with Crippen molar-refractivity contribution in [3.63, 3.8) is 0 Å². The van der Waals surface area contributed by atoms with Crippen molar-refractivity contribution >= 4 is 0 Å². The average molecular weight is 331 g/mol. The Morgan fingerprint density at radius 1 is 1.00 bits per heavy atom. The van der Waals surface area contributed by atoms with Crippen LogP contribution in [0.25, 0.3) is 11.3 Å². The zero-order valence-corrected chi connectivity index (χ0v) is 15.5. The molecule has 2 aromatic heterocycles. The Morgan fingerprint density at radius 2 is 1.84 bits per heavy atom. The van der Waals surface area contributed by atoms with E-state index in [0.717, 1.165) is 29.9 Å². The van der Waals surface area contributed by atoms with Crippen LogP contribution in [0.15, 0.2) is 55.0 Å². The fourth-order valence-corrected chi connectivity index (χ4v) is 3.01. The van der Waals surface area contributed by atoms with Gasteiger partial charge in [0.1, 0.15) is 5.82 Å². The lowest BCUT2D eigenvalue weighted by Gasteiger charge is -2.19. The number of benzene rings is 1. The van der Waals surface area contributed by atoms with Crippen LogP contribution in [-0.2, 0) is 12.8 Å². The Labute approximate surface area is 150 Å². The molecule has 0 amide bonds. The van der Waals surface area contributed by atoms with Gasteiger partial charge in [0.2, 0.25) is 0 Å². The van der Waals surface area contributed by atoms with Crippen LogP contribution in [0.2, 0.25) is 0 Å². The lowest BCUT2D eigenvalue weighted by molar-refractivity contribution is 0.411. The van der Waals surface area contributed by atoms with E-state index in [9.17, 15) is 0 Å². The van der Waals surface area contributed by atoms with Crippen molar-refractivity contribution in [2.45, 2.75) is 40.5 Å². The predicted molar refractivity (Wildman–Crippen MR) is 102 cm³/mol. The molecule has 0 aliphatic heterocycles. The van der Waals surface area contributed by atoms with E-state index in [1.54, 1.807) is 6.20 Å². The molecule has 1 aromatic carbocycles. The molecule has 0 radical (unpaired) electrons. The first kappa shape index (κ1) is 17.3. The van der Waals surface area contributed by atoms with E-state index in [2.05, 4.69) is 55.9 Å². The van der Waals surface area contributed by atoms with E-state index in [1.165, 1.54) is 16.7 Å². The number of aromatic nitrogens is 3. The van der Waals surface area contributed by atoms with Crippen LogP contribution in [0, 0.1) is 12.3 Å². The fraction of sp³-hybridized carbons (Fsp3) is 0.318. The van der Waals surface area contributed by atoms with Gasteiger partial charge in [0.25, 0.3) is 0 Å². The second-order valence-corrected chi connectivity index (χ2v) is 7.77. The second-order valence-electron chi connectivity index (χ2n) is 7.77. The monoisotopic (exact) mass is 331 g/mol. The Balaban J connectivity index is 1.81. The lowest BCUT2D eigenvalue weighted by Crippen LogP contribution is -2.09. The third-order valence-electron chi connectivity index (χ3n) is 4.15. The molecule has 128 valence electrons. The van der Waals surface area contributed by atoms with Gasteiger partial charge in [-0.05, 0) is 53.6 Å². The van der Waals surface area contributed by atoms with Crippen molar-refractivity contribution in [3.05, 3.63) is 77.5 Å². The average Bonchev–Trinajstić information content (AvgIpc) is 2.57. The molecule has 0 N–H and O–H groups in total. The maximum Gasteiger partial charge on any atom is 0.133 e. The Bertz CT molecular complexity index is 849. The first-order chi connectivity index (χ1) is 11.9. The fourth-order valence-electron chi connectivity index (χ4n) is 3.01. The van der Waals surface area contributed by atoms with Crippen molar-refractivity contribution in [3.8, 4) is 11.3 Å². The minimum absolute atomic E-state index is 0.301. The smallest absolute Gasteiger partial charge is 0.133 e. The van der Waals surface area contributed by atoms with Crippen molar-refractivity contribution in [2.24, 2.45) is 5.41 Å². The van der Waals surface area contributed by atoms with Gasteiger partial charge in [-0.3, -0.25) is 4.98 Å². The SMILES string of the molecule is Cc1cc(CC(C)(C)C)ccc1Cc1nccc(-c2cccnc2)n1. The quantitative estimate of drug-likeness (QED) is 0.673. The largest absolute Gasteiger partial charge is 0.264 e. The Hall–Kier alpha value is -2.55. The lowest BCUT2D eigenvalue weighted by atomic mass is 9.87. The van der Waals surface area contributed by atoms with Crippen molar-refractivity contribution in [1.29, 1.82) is 0 Å². The Kier molecular flexibility index (Phi) is 4.93. The molecule has 0 unspecified atom stereocenters. The van der Waals surface area contributed by atoms with Gasteiger partial charge >= 0.3 is 0 Å². The number of hydrogen-bond donors (Lipinski definition) is 0. The van der Waals surface area contributed by atoms with Crippen molar-refractivity contribution in [2.75, 3.05) is 0 Å². The number of pyridine rings is 1. The van der Waals surface area contributed by atoms with Gasteiger partial charge in [-0.15, -0.1) is 0 Å². The van der Waals surface area contributed by atoms with Crippen molar-refractivity contribution in [1.82, 2.24) is 15.0 Å². The van der Waals surface area contributed by atoms with Crippen molar-refractivity contribution < 1.29 is 0 Å².